The molecular weight excluding hydrogens is 255 g/mol. The molecule has 0 saturated carbocycles. The molecule has 8 heteroatoms. The van der Waals surface area contributed by atoms with Crippen molar-refractivity contribution in [3.8, 4) is 0 Å². The van der Waals surface area contributed by atoms with Crippen LogP contribution in [0.5, 0.6) is 0 Å². The van der Waals surface area contributed by atoms with Gasteiger partial charge in [0, 0.05) is 32.6 Å². The van der Waals surface area contributed by atoms with E-state index in [4.69, 9.17) is 5.84 Å². The number of alkyl halides is 3. The quantitative estimate of drug-likeness (QED) is 0.362. The summed E-state index contributed by atoms with van der Waals surface area (Å²) in [6.45, 7) is 1.52. The van der Waals surface area contributed by atoms with Crippen molar-refractivity contribution in [3.05, 3.63) is 29.6 Å². The molecule has 0 aliphatic carbocycles. The lowest BCUT2D eigenvalue weighted by atomic mass is 10.2. The highest BCUT2D eigenvalue weighted by atomic mass is 32.2. The lowest BCUT2D eigenvalue weighted by Crippen LogP contribution is -2.33. The van der Waals surface area contributed by atoms with Gasteiger partial charge in [0.2, 0.25) is 0 Å². The van der Waals surface area contributed by atoms with Crippen LogP contribution in [0.1, 0.15) is 18.2 Å². The molecule has 0 spiro atoms. The Morgan fingerprint density at radius 1 is 1.47 bits per heavy atom. The van der Waals surface area contributed by atoms with Gasteiger partial charge >= 0.3 is 6.18 Å². The summed E-state index contributed by atoms with van der Waals surface area (Å²) in [6.07, 6.45) is -2.09. The van der Waals surface area contributed by atoms with Crippen LogP contribution in [0.15, 0.2) is 18.3 Å². The molecule has 1 unspecified atom stereocenters. The fourth-order valence-corrected chi connectivity index (χ4v) is 1.83. The lowest BCUT2D eigenvalue weighted by Gasteiger charge is -2.10. The maximum absolute atomic E-state index is 12.3. The second-order valence-electron chi connectivity index (χ2n) is 3.45. The molecule has 1 aromatic heterocycles. The monoisotopic (exact) mass is 267 g/mol. The molecule has 0 fully saturated rings. The predicted molar refractivity (Wildman–Crippen MR) is 60.4 cm³/mol. The third kappa shape index (κ3) is 3.18. The van der Waals surface area contributed by atoms with Crippen LogP contribution in [0.4, 0.5) is 13.2 Å². The Kier molecular flexibility index (Phi) is 3.80. The van der Waals surface area contributed by atoms with Crippen LogP contribution in [0.25, 0.3) is 0 Å². The fraction of sp³-hybridized carbons (Fsp3) is 0.333. The minimum atomic E-state index is -4.48. The van der Waals surface area contributed by atoms with Gasteiger partial charge in [0.15, 0.2) is 0 Å². The third-order valence-corrected chi connectivity index (χ3v) is 4.12. The molecule has 3 N–H and O–H groups in total. The van der Waals surface area contributed by atoms with Crippen LogP contribution in [-0.4, -0.2) is 20.3 Å². The number of aromatic nitrogens is 1. The minimum absolute atomic E-state index is 0.348. The Morgan fingerprint density at radius 3 is 2.41 bits per heavy atom. The number of nitrogens with zero attached hydrogens (tertiary/aromatic N) is 1. The summed E-state index contributed by atoms with van der Waals surface area (Å²) in [5.41, 5.74) is -0.638. The molecule has 4 nitrogen and oxygen atoms in total. The number of nitrogens with two attached hydrogens (primary N) is 1. The molecule has 1 heterocycles. The Morgan fingerprint density at radius 2 is 2.06 bits per heavy atom. The van der Waals surface area contributed by atoms with Crippen LogP contribution in [0.3, 0.4) is 0 Å². The SMILES string of the molecule is CC(c1ccc(C(F)(F)F)nc1)=S(C)(=O)NN. The highest BCUT2D eigenvalue weighted by molar-refractivity contribution is 8.00. The van der Waals surface area contributed by atoms with Crippen LogP contribution in [-0.2, 0) is 15.9 Å². The van der Waals surface area contributed by atoms with Gasteiger partial charge < -0.3 is 0 Å². The van der Waals surface area contributed by atoms with E-state index >= 15 is 0 Å². The first-order valence-corrected chi connectivity index (χ1v) is 6.49. The lowest BCUT2D eigenvalue weighted by molar-refractivity contribution is -0.141. The third-order valence-electron chi connectivity index (χ3n) is 2.27. The summed E-state index contributed by atoms with van der Waals surface area (Å²) in [5, 5.41) is 0. The highest BCUT2D eigenvalue weighted by Crippen LogP contribution is 2.27. The number of hydrogen-bond acceptors (Lipinski definition) is 3. The predicted octanol–water partition coefficient (Wildman–Crippen LogP) is 0.933. The summed E-state index contributed by atoms with van der Waals surface area (Å²) in [6, 6.07) is 2.05. The molecule has 0 radical (unpaired) electrons. The van der Waals surface area contributed by atoms with Gasteiger partial charge in [0.1, 0.15) is 5.69 Å². The molecule has 0 amide bonds. The zero-order valence-electron chi connectivity index (χ0n) is 9.21. The van der Waals surface area contributed by atoms with E-state index in [-0.39, 0.29) is 0 Å². The summed E-state index contributed by atoms with van der Waals surface area (Å²) in [7, 11) is -2.63. The van der Waals surface area contributed by atoms with E-state index in [1.165, 1.54) is 19.2 Å². The normalized spacial score (nSPS) is 15.4. The van der Waals surface area contributed by atoms with Gasteiger partial charge in [-0.05, 0) is 13.0 Å². The molecule has 0 bridgehead atoms. The zero-order chi connectivity index (χ0) is 13.3. The van der Waals surface area contributed by atoms with Crippen molar-refractivity contribution in [2.45, 2.75) is 13.1 Å². The van der Waals surface area contributed by atoms with Crippen LogP contribution >= 0.6 is 0 Å². The number of halogens is 3. The molecule has 0 saturated heterocycles. The average molecular weight is 267 g/mol. The number of nitrogens with one attached hydrogen (secondary N) is 1. The molecule has 17 heavy (non-hydrogen) atoms. The van der Waals surface area contributed by atoms with Gasteiger partial charge in [-0.25, -0.2) is 0 Å². The molecule has 1 rings (SSSR count). The topological polar surface area (TPSA) is 68.0 Å². The standard InChI is InChI=1S/C9H12F3N3OS/c1-6(17(2,16)15-13)7-3-4-8(14-5-7)9(10,11)12/h3-5H,13H2,1-2H3,(H,15,16). The molecular formula is C9H12F3N3OS. The summed E-state index contributed by atoms with van der Waals surface area (Å²) in [4.78, 5) is 5.75. The largest absolute Gasteiger partial charge is 0.433 e. The maximum atomic E-state index is 12.3. The zero-order valence-corrected chi connectivity index (χ0v) is 10.0. The molecule has 1 atom stereocenters. The van der Waals surface area contributed by atoms with Crippen molar-refractivity contribution >= 4 is 14.6 Å². The van der Waals surface area contributed by atoms with Crippen molar-refractivity contribution in [3.63, 3.8) is 0 Å². The van der Waals surface area contributed by atoms with Gasteiger partial charge in [0.25, 0.3) is 0 Å². The highest BCUT2D eigenvalue weighted by Gasteiger charge is 2.32. The van der Waals surface area contributed by atoms with Gasteiger partial charge in [-0.3, -0.25) is 15.0 Å². The minimum Gasteiger partial charge on any atom is -0.260 e. The van der Waals surface area contributed by atoms with Gasteiger partial charge in [-0.1, -0.05) is 6.07 Å². The van der Waals surface area contributed by atoms with Crippen molar-refractivity contribution in [2.24, 2.45) is 5.84 Å². The van der Waals surface area contributed by atoms with E-state index in [0.29, 0.717) is 10.4 Å². The molecule has 1 aromatic rings. The van der Waals surface area contributed by atoms with Crippen LogP contribution in [0, 0.1) is 0 Å². The van der Waals surface area contributed by atoms with Gasteiger partial charge in [-0.2, -0.15) is 18.0 Å². The Balaban J connectivity index is 3.22. The molecule has 96 valence electrons. The average Bonchev–Trinajstić information content (AvgIpc) is 2.27. The van der Waals surface area contributed by atoms with E-state index < -0.39 is 21.6 Å². The smallest absolute Gasteiger partial charge is 0.260 e. The Labute approximate surface area is 97.1 Å². The molecule has 0 aliphatic rings. The molecule has 0 aliphatic heterocycles. The number of hydrogen-bond donors (Lipinski definition) is 2. The first-order valence-electron chi connectivity index (χ1n) is 4.52. The van der Waals surface area contributed by atoms with E-state index in [0.717, 1.165) is 12.3 Å². The Bertz CT molecular complexity index is 515. The first kappa shape index (κ1) is 13.9. The summed E-state index contributed by atoms with van der Waals surface area (Å²) >= 11 is 0. The van der Waals surface area contributed by atoms with E-state index in [2.05, 4.69) is 9.82 Å². The fourth-order valence-electron chi connectivity index (χ4n) is 1.08. The van der Waals surface area contributed by atoms with Crippen LogP contribution < -0.4 is 10.7 Å². The number of rotatable bonds is 2. The van der Waals surface area contributed by atoms with Crippen molar-refractivity contribution < 1.29 is 17.4 Å². The maximum Gasteiger partial charge on any atom is 0.433 e. The van der Waals surface area contributed by atoms with Crippen LogP contribution in [0.2, 0.25) is 0 Å². The van der Waals surface area contributed by atoms with E-state index in [1.54, 1.807) is 0 Å². The summed E-state index contributed by atoms with van der Waals surface area (Å²) < 4.78 is 48.6. The molecule has 0 aromatic carbocycles. The second kappa shape index (κ2) is 4.63. The number of hydrazine groups is 1. The second-order valence-corrected chi connectivity index (χ2v) is 5.98. The van der Waals surface area contributed by atoms with Gasteiger partial charge in [-0.15, -0.1) is 0 Å². The van der Waals surface area contributed by atoms with E-state index in [9.17, 15) is 17.4 Å². The first-order chi connectivity index (χ1) is 7.68. The summed E-state index contributed by atoms with van der Waals surface area (Å²) in [5.74, 6) is 5.10. The van der Waals surface area contributed by atoms with E-state index in [1.807, 2.05) is 0 Å². The van der Waals surface area contributed by atoms with Gasteiger partial charge in [0.05, 0.1) is 0 Å². The van der Waals surface area contributed by atoms with Crippen molar-refractivity contribution in [1.29, 1.82) is 0 Å². The Hall–Kier alpha value is -1.12. The number of pyridine rings is 1. The van der Waals surface area contributed by atoms with Crippen molar-refractivity contribution in [1.82, 2.24) is 9.82 Å². The van der Waals surface area contributed by atoms with Crippen molar-refractivity contribution in [2.75, 3.05) is 6.26 Å².